The monoisotopic (exact) mass is 371 g/mol. The molecule has 2 aliphatic rings. The number of hydrogen-bond donors (Lipinski definition) is 1. The SMILES string of the molecule is O=C1C(Nc2nc(-c3ccncc3)nc3c2CCC3)CCN1c1ccccc1. The highest BCUT2D eigenvalue weighted by Crippen LogP contribution is 2.31. The predicted octanol–water partition coefficient (Wildman–Crippen LogP) is 3.24. The van der Waals surface area contributed by atoms with Crippen LogP contribution in [0.25, 0.3) is 11.4 Å². The Hall–Kier alpha value is -3.28. The molecule has 3 aromatic rings. The molecule has 0 bridgehead atoms. The molecule has 2 aromatic heterocycles. The smallest absolute Gasteiger partial charge is 0.249 e. The molecule has 0 spiro atoms. The molecule has 6 heteroatoms. The van der Waals surface area contributed by atoms with Crippen LogP contribution in [0.5, 0.6) is 0 Å². The number of nitrogens with zero attached hydrogens (tertiary/aromatic N) is 4. The van der Waals surface area contributed by atoms with Crippen molar-refractivity contribution in [3.8, 4) is 11.4 Å². The van der Waals surface area contributed by atoms with Gasteiger partial charge in [-0.25, -0.2) is 9.97 Å². The molecule has 1 amide bonds. The molecular weight excluding hydrogens is 350 g/mol. The Morgan fingerprint density at radius 3 is 2.64 bits per heavy atom. The van der Waals surface area contributed by atoms with Crippen LogP contribution in [-0.4, -0.2) is 33.4 Å². The fourth-order valence-corrected chi connectivity index (χ4v) is 4.03. The first kappa shape index (κ1) is 16.9. The average molecular weight is 371 g/mol. The zero-order valence-electron chi connectivity index (χ0n) is 15.5. The molecule has 6 nitrogen and oxygen atoms in total. The second kappa shape index (κ2) is 7.03. The lowest BCUT2D eigenvalue weighted by molar-refractivity contribution is -0.117. The molecule has 1 saturated heterocycles. The molecule has 1 atom stereocenters. The molecule has 1 aromatic carbocycles. The number of carbonyl (C=O) groups is 1. The molecule has 28 heavy (non-hydrogen) atoms. The molecule has 1 unspecified atom stereocenters. The second-order valence-electron chi connectivity index (χ2n) is 7.22. The molecular formula is C22H21N5O. The van der Waals surface area contributed by atoms with Crippen molar-refractivity contribution in [1.82, 2.24) is 15.0 Å². The Morgan fingerprint density at radius 1 is 1.00 bits per heavy atom. The van der Waals surface area contributed by atoms with E-state index in [1.165, 1.54) is 0 Å². The van der Waals surface area contributed by atoms with Gasteiger partial charge in [-0.05, 0) is 49.9 Å². The first-order valence-electron chi connectivity index (χ1n) is 9.73. The van der Waals surface area contributed by atoms with Crippen molar-refractivity contribution in [3.05, 3.63) is 66.1 Å². The summed E-state index contributed by atoms with van der Waals surface area (Å²) in [6, 6.07) is 13.4. The Bertz CT molecular complexity index is 1010. The molecule has 1 fully saturated rings. The summed E-state index contributed by atoms with van der Waals surface area (Å²) in [5, 5.41) is 3.44. The van der Waals surface area contributed by atoms with Crippen LogP contribution < -0.4 is 10.2 Å². The lowest BCUT2D eigenvalue weighted by Gasteiger charge is -2.18. The maximum Gasteiger partial charge on any atom is 0.249 e. The highest BCUT2D eigenvalue weighted by Gasteiger charge is 2.34. The van der Waals surface area contributed by atoms with Crippen molar-refractivity contribution in [3.63, 3.8) is 0 Å². The van der Waals surface area contributed by atoms with Crippen LogP contribution in [0.4, 0.5) is 11.5 Å². The van der Waals surface area contributed by atoms with Crippen LogP contribution in [-0.2, 0) is 17.6 Å². The number of aromatic nitrogens is 3. The van der Waals surface area contributed by atoms with Gasteiger partial charge in [0.05, 0.1) is 0 Å². The average Bonchev–Trinajstić information content (AvgIpc) is 3.36. The number of aryl methyl sites for hydroxylation is 1. The van der Waals surface area contributed by atoms with E-state index in [0.717, 1.165) is 54.0 Å². The van der Waals surface area contributed by atoms with Gasteiger partial charge in [0.25, 0.3) is 0 Å². The summed E-state index contributed by atoms with van der Waals surface area (Å²) in [6.45, 7) is 0.713. The van der Waals surface area contributed by atoms with Crippen LogP contribution in [0.3, 0.4) is 0 Å². The highest BCUT2D eigenvalue weighted by molar-refractivity contribution is 6.01. The fraction of sp³-hybridized carbons (Fsp3) is 0.273. The number of benzene rings is 1. The van der Waals surface area contributed by atoms with Gasteiger partial charge in [-0.3, -0.25) is 9.78 Å². The first-order chi connectivity index (χ1) is 13.8. The number of rotatable bonds is 4. The number of nitrogens with one attached hydrogen (secondary N) is 1. The van der Waals surface area contributed by atoms with E-state index < -0.39 is 0 Å². The number of amides is 1. The van der Waals surface area contributed by atoms with E-state index in [4.69, 9.17) is 9.97 Å². The molecule has 0 saturated carbocycles. The van der Waals surface area contributed by atoms with Crippen LogP contribution >= 0.6 is 0 Å². The Kier molecular flexibility index (Phi) is 4.24. The van der Waals surface area contributed by atoms with Gasteiger partial charge in [-0.2, -0.15) is 0 Å². The fourth-order valence-electron chi connectivity index (χ4n) is 4.03. The van der Waals surface area contributed by atoms with E-state index in [0.29, 0.717) is 12.4 Å². The third kappa shape index (κ3) is 3.01. The molecule has 0 radical (unpaired) electrons. The zero-order chi connectivity index (χ0) is 18.9. The van der Waals surface area contributed by atoms with E-state index >= 15 is 0 Å². The normalized spacial score (nSPS) is 18.4. The molecule has 5 rings (SSSR count). The van der Waals surface area contributed by atoms with E-state index in [9.17, 15) is 4.79 Å². The van der Waals surface area contributed by atoms with Crippen LogP contribution in [0, 0.1) is 0 Å². The summed E-state index contributed by atoms with van der Waals surface area (Å²) >= 11 is 0. The maximum atomic E-state index is 13.0. The summed E-state index contributed by atoms with van der Waals surface area (Å²) < 4.78 is 0. The third-order valence-electron chi connectivity index (χ3n) is 5.46. The van der Waals surface area contributed by atoms with Crippen molar-refractivity contribution in [2.45, 2.75) is 31.7 Å². The van der Waals surface area contributed by atoms with Crippen molar-refractivity contribution < 1.29 is 4.79 Å². The van der Waals surface area contributed by atoms with E-state index in [1.54, 1.807) is 12.4 Å². The van der Waals surface area contributed by atoms with E-state index in [1.807, 2.05) is 47.4 Å². The third-order valence-corrected chi connectivity index (χ3v) is 5.46. The first-order valence-corrected chi connectivity index (χ1v) is 9.73. The number of pyridine rings is 1. The van der Waals surface area contributed by atoms with Gasteiger partial charge in [0.15, 0.2) is 5.82 Å². The number of para-hydroxylation sites is 1. The molecule has 1 aliphatic heterocycles. The standard InChI is InChI=1S/C22H21N5O/c28-22-19(11-14-27(22)16-5-2-1-3-6-16)25-21-17-7-4-8-18(17)24-20(26-21)15-9-12-23-13-10-15/h1-3,5-6,9-10,12-13,19H,4,7-8,11,14H2,(H,24,25,26). The molecule has 140 valence electrons. The van der Waals surface area contributed by atoms with Crippen LogP contribution in [0.2, 0.25) is 0 Å². The van der Waals surface area contributed by atoms with Gasteiger partial charge in [0, 0.05) is 41.4 Å². The van der Waals surface area contributed by atoms with E-state index in [2.05, 4.69) is 10.3 Å². The van der Waals surface area contributed by atoms with Gasteiger partial charge >= 0.3 is 0 Å². The van der Waals surface area contributed by atoms with Crippen LogP contribution in [0.15, 0.2) is 54.9 Å². The minimum absolute atomic E-state index is 0.0991. The lowest BCUT2D eigenvalue weighted by atomic mass is 10.2. The number of anilines is 2. The Labute approximate surface area is 163 Å². The summed E-state index contributed by atoms with van der Waals surface area (Å²) in [6.07, 6.45) is 7.25. The van der Waals surface area contributed by atoms with Crippen LogP contribution in [0.1, 0.15) is 24.1 Å². The maximum absolute atomic E-state index is 13.0. The number of carbonyl (C=O) groups excluding carboxylic acids is 1. The quantitative estimate of drug-likeness (QED) is 0.762. The van der Waals surface area contributed by atoms with Gasteiger partial charge in [-0.15, -0.1) is 0 Å². The van der Waals surface area contributed by atoms with Crippen molar-refractivity contribution in [2.24, 2.45) is 0 Å². The second-order valence-corrected chi connectivity index (χ2v) is 7.22. The largest absolute Gasteiger partial charge is 0.358 e. The zero-order valence-corrected chi connectivity index (χ0v) is 15.5. The minimum Gasteiger partial charge on any atom is -0.358 e. The van der Waals surface area contributed by atoms with Crippen molar-refractivity contribution >= 4 is 17.4 Å². The number of fused-ring (bicyclic) bond motifs is 1. The van der Waals surface area contributed by atoms with Gasteiger partial charge in [-0.1, -0.05) is 18.2 Å². The van der Waals surface area contributed by atoms with Gasteiger partial charge in [0.1, 0.15) is 11.9 Å². The Morgan fingerprint density at radius 2 is 1.82 bits per heavy atom. The van der Waals surface area contributed by atoms with Gasteiger partial charge < -0.3 is 10.2 Å². The van der Waals surface area contributed by atoms with Gasteiger partial charge in [0.2, 0.25) is 5.91 Å². The summed E-state index contributed by atoms with van der Waals surface area (Å²) in [5.74, 6) is 1.60. The minimum atomic E-state index is -0.259. The predicted molar refractivity (Wildman–Crippen MR) is 108 cm³/mol. The molecule has 3 heterocycles. The summed E-state index contributed by atoms with van der Waals surface area (Å²) in [4.78, 5) is 28.5. The summed E-state index contributed by atoms with van der Waals surface area (Å²) in [5.41, 5.74) is 4.14. The highest BCUT2D eigenvalue weighted by atomic mass is 16.2. The van der Waals surface area contributed by atoms with Crippen molar-refractivity contribution in [1.29, 1.82) is 0 Å². The molecule has 1 aliphatic carbocycles. The summed E-state index contributed by atoms with van der Waals surface area (Å²) in [7, 11) is 0. The Balaban J connectivity index is 1.44. The topological polar surface area (TPSA) is 71.0 Å². The van der Waals surface area contributed by atoms with Crippen molar-refractivity contribution in [2.75, 3.05) is 16.8 Å². The number of hydrogen-bond acceptors (Lipinski definition) is 5. The van der Waals surface area contributed by atoms with E-state index in [-0.39, 0.29) is 11.9 Å². The molecule has 1 N–H and O–H groups in total. The lowest BCUT2D eigenvalue weighted by Crippen LogP contribution is -2.34.